The lowest BCUT2D eigenvalue weighted by Gasteiger charge is -2.56. The number of nitrogens with one attached hydrogen (secondary N) is 1. The molecule has 0 aromatic carbocycles. The molecule has 94 valence electrons. The Labute approximate surface area is 103 Å². The zero-order valence-electron chi connectivity index (χ0n) is 10.5. The van der Waals surface area contributed by atoms with E-state index in [4.69, 9.17) is 10.8 Å². The summed E-state index contributed by atoms with van der Waals surface area (Å²) >= 11 is 0. The smallest absolute Gasteiger partial charge is 0.117 e. The number of amidine groups is 1. The van der Waals surface area contributed by atoms with E-state index in [-0.39, 0.29) is 0 Å². The van der Waals surface area contributed by atoms with Gasteiger partial charge in [-0.25, -0.2) is 5.84 Å². The Morgan fingerprint density at radius 3 is 1.94 bits per heavy atom. The van der Waals surface area contributed by atoms with Gasteiger partial charge in [-0.05, 0) is 69.1 Å². The van der Waals surface area contributed by atoms with E-state index in [0.717, 1.165) is 17.8 Å². The average molecular weight is 233 g/mol. The summed E-state index contributed by atoms with van der Waals surface area (Å²) in [4.78, 5) is 4.88. The predicted molar refractivity (Wildman–Crippen MR) is 68.4 cm³/mol. The predicted octanol–water partition coefficient (Wildman–Crippen LogP) is 2.23. The van der Waals surface area contributed by atoms with E-state index in [1.165, 1.54) is 57.2 Å². The number of hydrogen-bond acceptors (Lipinski definition) is 2. The number of rotatable bonds is 2. The Kier molecular flexibility index (Phi) is 2.11. The van der Waals surface area contributed by atoms with Gasteiger partial charge in [-0.1, -0.05) is 0 Å². The minimum absolute atomic E-state index is 0.353. The summed E-state index contributed by atoms with van der Waals surface area (Å²) < 4.78 is 0. The highest BCUT2D eigenvalue weighted by atomic mass is 15.3. The molecule has 5 aliphatic rings. The molecule has 0 aromatic heterocycles. The van der Waals surface area contributed by atoms with Gasteiger partial charge in [-0.3, -0.25) is 4.99 Å². The van der Waals surface area contributed by atoms with Crippen molar-refractivity contribution < 1.29 is 0 Å². The van der Waals surface area contributed by atoms with E-state index in [2.05, 4.69) is 5.43 Å². The van der Waals surface area contributed by atoms with E-state index in [9.17, 15) is 0 Å². The number of aliphatic imine (C=N–C) groups is 1. The van der Waals surface area contributed by atoms with E-state index >= 15 is 0 Å². The summed E-state index contributed by atoms with van der Waals surface area (Å²) in [6.45, 7) is 0. The van der Waals surface area contributed by atoms with Crippen LogP contribution in [0.15, 0.2) is 4.99 Å². The van der Waals surface area contributed by atoms with Crippen LogP contribution in [0, 0.1) is 23.2 Å². The van der Waals surface area contributed by atoms with Crippen LogP contribution in [0.2, 0.25) is 0 Å². The van der Waals surface area contributed by atoms with Crippen molar-refractivity contribution in [1.29, 1.82) is 0 Å². The normalized spacial score (nSPS) is 48.5. The standard InChI is InChI=1S/C14H23N3/c15-17-13(16-12-1-2-12)14-6-9-3-10(7-14)5-11(4-9)8-14/h9-12H,1-8,15H2,(H,16,17). The van der Waals surface area contributed by atoms with Crippen molar-refractivity contribution >= 4 is 5.84 Å². The van der Waals surface area contributed by atoms with Crippen LogP contribution in [0.1, 0.15) is 51.4 Å². The zero-order valence-corrected chi connectivity index (χ0v) is 10.5. The highest BCUT2D eigenvalue weighted by molar-refractivity contribution is 5.88. The number of nitrogens with two attached hydrogens (primary N) is 1. The lowest BCUT2D eigenvalue weighted by atomic mass is 9.49. The summed E-state index contributed by atoms with van der Waals surface area (Å²) in [6.07, 6.45) is 11.1. The molecule has 5 rings (SSSR count). The van der Waals surface area contributed by atoms with Gasteiger partial charge >= 0.3 is 0 Å². The Morgan fingerprint density at radius 1 is 1.00 bits per heavy atom. The van der Waals surface area contributed by atoms with Gasteiger partial charge in [0.25, 0.3) is 0 Å². The molecule has 3 heteroatoms. The molecule has 0 amide bonds. The van der Waals surface area contributed by atoms with Crippen molar-refractivity contribution in [2.24, 2.45) is 34.0 Å². The first kappa shape index (κ1) is 10.4. The third-order valence-electron chi connectivity index (χ3n) is 5.54. The first-order chi connectivity index (χ1) is 8.27. The van der Waals surface area contributed by atoms with Crippen molar-refractivity contribution in [3.63, 3.8) is 0 Å². The quantitative estimate of drug-likeness (QED) is 0.332. The van der Waals surface area contributed by atoms with Crippen LogP contribution >= 0.6 is 0 Å². The Balaban J connectivity index is 1.66. The molecule has 5 fully saturated rings. The molecule has 0 spiro atoms. The van der Waals surface area contributed by atoms with Crippen LogP contribution in [-0.2, 0) is 0 Å². The maximum Gasteiger partial charge on any atom is 0.117 e. The third kappa shape index (κ3) is 1.62. The monoisotopic (exact) mass is 233 g/mol. The minimum Gasteiger partial charge on any atom is -0.312 e. The molecule has 0 saturated heterocycles. The molecule has 3 N–H and O–H groups in total. The van der Waals surface area contributed by atoms with Crippen molar-refractivity contribution in [3.8, 4) is 0 Å². The minimum atomic E-state index is 0.353. The lowest BCUT2D eigenvalue weighted by molar-refractivity contribution is -0.0142. The molecule has 0 aliphatic heterocycles. The summed E-state index contributed by atoms with van der Waals surface area (Å²) in [5, 5.41) is 0. The SMILES string of the molecule is NNC(=NC1CC1)C12CC3CC(CC(C3)C1)C2. The highest BCUT2D eigenvalue weighted by Crippen LogP contribution is 2.60. The molecule has 0 aromatic rings. The van der Waals surface area contributed by atoms with Gasteiger partial charge in [0.1, 0.15) is 5.84 Å². The van der Waals surface area contributed by atoms with Gasteiger partial charge in [0.05, 0.1) is 6.04 Å². The van der Waals surface area contributed by atoms with Gasteiger partial charge in [-0.15, -0.1) is 0 Å². The molecule has 17 heavy (non-hydrogen) atoms. The average Bonchev–Trinajstić information content (AvgIpc) is 3.07. The summed E-state index contributed by atoms with van der Waals surface area (Å²) in [5.41, 5.74) is 3.33. The maximum atomic E-state index is 5.79. The van der Waals surface area contributed by atoms with Gasteiger partial charge in [-0.2, -0.15) is 0 Å². The van der Waals surface area contributed by atoms with Crippen molar-refractivity contribution in [3.05, 3.63) is 0 Å². The van der Waals surface area contributed by atoms with Crippen molar-refractivity contribution in [2.75, 3.05) is 0 Å². The van der Waals surface area contributed by atoms with Crippen molar-refractivity contribution in [2.45, 2.75) is 57.4 Å². The molecule has 0 atom stereocenters. The number of hydrazine groups is 1. The first-order valence-corrected chi connectivity index (χ1v) is 7.32. The van der Waals surface area contributed by atoms with Crippen LogP contribution in [-0.4, -0.2) is 11.9 Å². The molecular weight excluding hydrogens is 210 g/mol. The van der Waals surface area contributed by atoms with E-state index in [1.807, 2.05) is 0 Å². The van der Waals surface area contributed by atoms with Crippen LogP contribution in [0.3, 0.4) is 0 Å². The second-order valence-electron chi connectivity index (χ2n) is 7.05. The lowest BCUT2D eigenvalue weighted by Crippen LogP contribution is -2.55. The Hall–Kier alpha value is -0.570. The number of nitrogens with zero attached hydrogens (tertiary/aromatic N) is 1. The van der Waals surface area contributed by atoms with Crippen LogP contribution in [0.4, 0.5) is 0 Å². The second kappa shape index (κ2) is 3.47. The van der Waals surface area contributed by atoms with E-state index in [1.54, 1.807) is 0 Å². The maximum absolute atomic E-state index is 5.79. The molecular formula is C14H23N3. The van der Waals surface area contributed by atoms with E-state index < -0.39 is 0 Å². The summed E-state index contributed by atoms with van der Waals surface area (Å²) in [5.74, 6) is 9.87. The molecule has 0 radical (unpaired) electrons. The fourth-order valence-corrected chi connectivity index (χ4v) is 5.11. The first-order valence-electron chi connectivity index (χ1n) is 7.32. The fourth-order valence-electron chi connectivity index (χ4n) is 5.11. The number of hydrogen-bond donors (Lipinski definition) is 2. The second-order valence-corrected chi connectivity index (χ2v) is 7.05. The van der Waals surface area contributed by atoms with Crippen LogP contribution in [0.25, 0.3) is 0 Å². The topological polar surface area (TPSA) is 50.4 Å². The molecule has 0 heterocycles. The molecule has 5 saturated carbocycles. The molecule has 0 unspecified atom stereocenters. The zero-order chi connectivity index (χ0) is 11.5. The Bertz CT molecular complexity index is 321. The van der Waals surface area contributed by atoms with Crippen LogP contribution in [0.5, 0.6) is 0 Å². The third-order valence-corrected chi connectivity index (χ3v) is 5.54. The highest BCUT2D eigenvalue weighted by Gasteiger charge is 2.53. The molecule has 3 nitrogen and oxygen atoms in total. The van der Waals surface area contributed by atoms with Gasteiger partial charge in [0.15, 0.2) is 0 Å². The van der Waals surface area contributed by atoms with Gasteiger partial charge in [0, 0.05) is 5.41 Å². The van der Waals surface area contributed by atoms with Gasteiger partial charge in [0.2, 0.25) is 0 Å². The largest absolute Gasteiger partial charge is 0.312 e. The fraction of sp³-hybridized carbons (Fsp3) is 0.929. The van der Waals surface area contributed by atoms with Crippen LogP contribution < -0.4 is 11.3 Å². The summed E-state index contributed by atoms with van der Waals surface area (Å²) in [6, 6.07) is 0.592. The van der Waals surface area contributed by atoms with Crippen molar-refractivity contribution in [1.82, 2.24) is 5.43 Å². The summed E-state index contributed by atoms with van der Waals surface area (Å²) in [7, 11) is 0. The van der Waals surface area contributed by atoms with E-state index in [0.29, 0.717) is 11.5 Å². The molecule has 5 aliphatic carbocycles. The Morgan fingerprint density at radius 2 is 1.53 bits per heavy atom. The van der Waals surface area contributed by atoms with Gasteiger partial charge < -0.3 is 5.43 Å². The molecule has 4 bridgehead atoms.